The molecule has 3 heterocycles. The van der Waals surface area contributed by atoms with Crippen molar-refractivity contribution in [2.45, 2.75) is 58.3 Å². The van der Waals surface area contributed by atoms with E-state index in [0.717, 1.165) is 12.1 Å². The van der Waals surface area contributed by atoms with Gasteiger partial charge in [-0.1, -0.05) is 17.3 Å². The number of fused-ring (bicyclic) bond motifs is 1. The van der Waals surface area contributed by atoms with Gasteiger partial charge in [0.2, 0.25) is 11.7 Å². The van der Waals surface area contributed by atoms with Crippen LogP contribution >= 0.6 is 0 Å². The minimum atomic E-state index is -5.03. The van der Waals surface area contributed by atoms with Gasteiger partial charge in [-0.2, -0.15) is 31.3 Å². The first-order valence-electron chi connectivity index (χ1n) is 14.5. The highest BCUT2D eigenvalue weighted by atomic mass is 19.4. The van der Waals surface area contributed by atoms with Crippen LogP contribution in [0.1, 0.15) is 33.3 Å². The number of carbonyl (C=O) groups is 2. The third kappa shape index (κ3) is 7.63. The Bertz CT molecular complexity index is 1770. The van der Waals surface area contributed by atoms with Crippen molar-refractivity contribution in [3.63, 3.8) is 0 Å². The number of hydrogen-bond donors (Lipinski definition) is 0. The number of rotatable bonds is 6. The summed E-state index contributed by atoms with van der Waals surface area (Å²) < 4.78 is 97.1. The Morgan fingerprint density at radius 1 is 0.957 bits per heavy atom. The number of aromatic nitrogens is 3. The van der Waals surface area contributed by atoms with Crippen LogP contribution in [0.5, 0.6) is 5.75 Å². The van der Waals surface area contributed by atoms with Crippen molar-refractivity contribution in [1.82, 2.24) is 24.5 Å². The van der Waals surface area contributed by atoms with Crippen molar-refractivity contribution in [2.24, 2.45) is 0 Å². The summed E-state index contributed by atoms with van der Waals surface area (Å²) >= 11 is 0. The van der Waals surface area contributed by atoms with Gasteiger partial charge in [0.15, 0.2) is 6.10 Å². The van der Waals surface area contributed by atoms with Crippen molar-refractivity contribution in [3.8, 4) is 28.6 Å². The van der Waals surface area contributed by atoms with E-state index in [-0.39, 0.29) is 29.7 Å². The Labute approximate surface area is 264 Å². The molecule has 1 atom stereocenters. The predicted octanol–water partition coefficient (Wildman–Crippen LogP) is 6.79. The number of alkyl halides is 6. The first-order chi connectivity index (χ1) is 21.9. The van der Waals surface area contributed by atoms with Crippen molar-refractivity contribution >= 4 is 22.9 Å². The Kier molecular flexibility index (Phi) is 8.90. The van der Waals surface area contributed by atoms with Crippen LogP contribution in [0.4, 0.5) is 31.1 Å². The third-order valence-corrected chi connectivity index (χ3v) is 7.37. The highest BCUT2D eigenvalue weighted by Gasteiger charge is 2.41. The first-order valence-corrected chi connectivity index (χ1v) is 14.5. The molecule has 4 aromatic rings. The van der Waals surface area contributed by atoms with Crippen LogP contribution in [0.25, 0.3) is 33.7 Å². The number of amides is 2. The molecule has 2 amide bonds. The predicted molar refractivity (Wildman–Crippen MR) is 156 cm³/mol. The third-order valence-electron chi connectivity index (χ3n) is 7.37. The molecule has 0 N–H and O–H groups in total. The summed E-state index contributed by atoms with van der Waals surface area (Å²) in [6, 6.07) is 9.36. The van der Waals surface area contributed by atoms with E-state index in [9.17, 15) is 35.9 Å². The minimum absolute atomic E-state index is 0.0124. The van der Waals surface area contributed by atoms with Crippen LogP contribution in [0.3, 0.4) is 0 Å². The van der Waals surface area contributed by atoms with E-state index < -0.39 is 41.5 Å². The quantitative estimate of drug-likeness (QED) is 0.209. The number of nitrogens with zero attached hydrogens (tertiary/aromatic N) is 5. The molecule has 16 heteroatoms. The molecule has 2 aromatic carbocycles. The lowest BCUT2D eigenvalue weighted by molar-refractivity contribution is -0.191. The maximum atomic E-state index is 13.8. The molecule has 47 heavy (non-hydrogen) atoms. The zero-order valence-corrected chi connectivity index (χ0v) is 25.8. The largest absolute Gasteiger partial charge is 0.481 e. The van der Waals surface area contributed by atoms with Gasteiger partial charge in [-0.25, -0.2) is 4.79 Å². The Morgan fingerprint density at radius 2 is 1.64 bits per heavy atom. The minimum Gasteiger partial charge on any atom is -0.481 e. The SMILES string of the molecule is C[C@H](Oc1ccc(-c2nc(-c3cccc4c3ccn4CC(=O)N3CCN(C(=O)OC(C)(C)C)CC3)no2)cc1C(F)(F)F)C(F)(F)F. The van der Waals surface area contributed by atoms with Crippen LogP contribution in [-0.2, 0) is 22.3 Å². The molecule has 0 spiro atoms. The zero-order valence-electron chi connectivity index (χ0n) is 25.8. The highest BCUT2D eigenvalue weighted by molar-refractivity contribution is 5.94. The van der Waals surface area contributed by atoms with E-state index in [1.165, 1.54) is 0 Å². The molecule has 0 bridgehead atoms. The number of piperazine rings is 1. The van der Waals surface area contributed by atoms with E-state index >= 15 is 0 Å². The fourth-order valence-electron chi connectivity index (χ4n) is 4.96. The number of carbonyl (C=O) groups excluding carboxylic acids is 2. The Balaban J connectivity index is 1.32. The van der Waals surface area contributed by atoms with Gasteiger partial charge in [0, 0.05) is 54.4 Å². The maximum absolute atomic E-state index is 13.8. The average Bonchev–Trinajstić information content (AvgIpc) is 3.63. The van der Waals surface area contributed by atoms with E-state index in [2.05, 4.69) is 14.9 Å². The molecule has 1 fully saturated rings. The van der Waals surface area contributed by atoms with Crippen LogP contribution in [-0.4, -0.2) is 80.6 Å². The van der Waals surface area contributed by atoms with Crippen LogP contribution in [0.15, 0.2) is 53.2 Å². The lowest BCUT2D eigenvalue weighted by Crippen LogP contribution is -2.52. The lowest BCUT2D eigenvalue weighted by Gasteiger charge is -2.35. The smallest absolute Gasteiger partial charge is 0.425 e. The monoisotopic (exact) mass is 667 g/mol. The molecule has 252 valence electrons. The molecule has 1 aliphatic heterocycles. The second kappa shape index (κ2) is 12.4. The summed E-state index contributed by atoms with van der Waals surface area (Å²) in [6.07, 6.45) is -11.1. The summed E-state index contributed by atoms with van der Waals surface area (Å²) in [5, 5.41) is 4.56. The van der Waals surface area contributed by atoms with Gasteiger partial charge in [-0.3, -0.25) is 4.79 Å². The van der Waals surface area contributed by atoms with E-state index in [1.54, 1.807) is 65.6 Å². The molecule has 0 radical (unpaired) electrons. The summed E-state index contributed by atoms with van der Waals surface area (Å²) in [5.41, 5.74) is -1.09. The van der Waals surface area contributed by atoms with Gasteiger partial charge in [0.05, 0.1) is 5.56 Å². The van der Waals surface area contributed by atoms with Gasteiger partial charge >= 0.3 is 18.4 Å². The summed E-state index contributed by atoms with van der Waals surface area (Å²) in [4.78, 5) is 33.0. The molecule has 1 aliphatic rings. The van der Waals surface area contributed by atoms with Gasteiger partial charge in [0.1, 0.15) is 17.9 Å². The molecule has 0 aliphatic carbocycles. The summed E-state index contributed by atoms with van der Waals surface area (Å²) in [5.74, 6) is -1.39. The number of benzene rings is 2. The highest BCUT2D eigenvalue weighted by Crippen LogP contribution is 2.40. The normalized spacial score (nSPS) is 15.2. The van der Waals surface area contributed by atoms with Gasteiger partial charge < -0.3 is 28.4 Å². The van der Waals surface area contributed by atoms with Crippen molar-refractivity contribution in [1.29, 1.82) is 0 Å². The van der Waals surface area contributed by atoms with Crippen LogP contribution < -0.4 is 4.74 Å². The standard InChI is InChI=1S/C31H31F6N5O5/c1-18(30(32,33)34)45-24-9-8-19(16-22(24)31(35,36)37)27-38-26(39-47-27)21-6-5-7-23-20(21)10-11-42(23)17-25(43)40-12-14-41(15-13-40)28(44)46-29(2,3)4/h5-11,16,18H,12-15,17H2,1-4H3/t18-/m0/s1. The second-order valence-electron chi connectivity index (χ2n) is 12.0. The van der Waals surface area contributed by atoms with Crippen molar-refractivity contribution in [2.75, 3.05) is 26.2 Å². The molecule has 2 aromatic heterocycles. The Hall–Kier alpha value is -4.76. The number of halogens is 6. The first kappa shape index (κ1) is 33.6. The second-order valence-corrected chi connectivity index (χ2v) is 12.0. The molecule has 10 nitrogen and oxygen atoms in total. The van der Waals surface area contributed by atoms with Crippen LogP contribution in [0.2, 0.25) is 0 Å². The van der Waals surface area contributed by atoms with Gasteiger partial charge in [-0.05, 0) is 58.0 Å². The van der Waals surface area contributed by atoms with Crippen molar-refractivity contribution in [3.05, 3.63) is 54.2 Å². The molecule has 1 saturated heterocycles. The number of ether oxygens (including phenoxy) is 2. The zero-order chi connectivity index (χ0) is 34.3. The Morgan fingerprint density at radius 3 is 2.28 bits per heavy atom. The van der Waals surface area contributed by atoms with Gasteiger partial charge in [-0.15, -0.1) is 0 Å². The molecule has 0 saturated carbocycles. The average molecular weight is 668 g/mol. The fraction of sp³-hybridized carbons (Fsp3) is 0.419. The molecule has 5 rings (SSSR count). The van der Waals surface area contributed by atoms with Crippen molar-refractivity contribution < 1.29 is 49.9 Å². The lowest BCUT2D eigenvalue weighted by atomic mass is 10.1. The van der Waals surface area contributed by atoms with E-state index in [4.69, 9.17) is 9.26 Å². The van der Waals surface area contributed by atoms with E-state index in [0.29, 0.717) is 55.6 Å². The molecule has 0 unspecified atom stereocenters. The number of hydrogen-bond acceptors (Lipinski definition) is 7. The fourth-order valence-corrected chi connectivity index (χ4v) is 4.96. The molecular formula is C31H31F6N5O5. The van der Waals surface area contributed by atoms with Gasteiger partial charge in [0.25, 0.3) is 5.89 Å². The van der Waals surface area contributed by atoms with Crippen LogP contribution in [0, 0.1) is 0 Å². The topological polar surface area (TPSA) is 103 Å². The summed E-state index contributed by atoms with van der Waals surface area (Å²) in [7, 11) is 0. The maximum Gasteiger partial charge on any atom is 0.425 e. The van der Waals surface area contributed by atoms with E-state index in [1.807, 2.05) is 0 Å². The summed E-state index contributed by atoms with van der Waals surface area (Å²) in [6.45, 7) is 7.33. The molecular weight excluding hydrogens is 636 g/mol.